The van der Waals surface area contributed by atoms with Crippen LogP contribution in [0.1, 0.15) is 18.5 Å². The Morgan fingerprint density at radius 2 is 2.15 bits per heavy atom. The summed E-state index contributed by atoms with van der Waals surface area (Å²) in [5.74, 6) is 0. The van der Waals surface area contributed by atoms with Gasteiger partial charge in [-0.2, -0.15) is 0 Å². The summed E-state index contributed by atoms with van der Waals surface area (Å²) in [5.41, 5.74) is 0.704. The molecule has 0 aromatic heterocycles. The molecule has 0 spiro atoms. The Balaban J connectivity index is 2.84. The monoisotopic (exact) mass is 297 g/mol. The summed E-state index contributed by atoms with van der Waals surface area (Å²) in [7, 11) is -2.13. The quantitative estimate of drug-likeness (QED) is 0.688. The van der Waals surface area contributed by atoms with Gasteiger partial charge in [0.1, 0.15) is 0 Å². The van der Waals surface area contributed by atoms with Crippen molar-refractivity contribution >= 4 is 16.1 Å². The Hall–Kier alpha value is -1.86. The Kier molecular flexibility index (Phi) is 5.72. The minimum atomic E-state index is -3.49. The van der Waals surface area contributed by atoms with Gasteiger partial charge in [-0.25, -0.2) is 17.9 Å². The van der Waals surface area contributed by atoms with Gasteiger partial charge in [0.05, 0.1) is 10.9 Å². The number of amides is 2. The van der Waals surface area contributed by atoms with Crippen LogP contribution in [0.4, 0.5) is 4.79 Å². The van der Waals surface area contributed by atoms with Gasteiger partial charge < -0.3 is 10.6 Å². The third-order valence-corrected chi connectivity index (χ3v) is 4.10. The Morgan fingerprint density at radius 3 is 2.75 bits per heavy atom. The number of hydrogen-bond donors (Lipinski definition) is 3. The molecule has 0 unspecified atom stereocenters. The molecular formula is C13H19N3O3S. The van der Waals surface area contributed by atoms with Crippen LogP contribution in [0.15, 0.2) is 41.8 Å². The summed E-state index contributed by atoms with van der Waals surface area (Å²) in [6.45, 7) is 5.65. The first-order valence-electron chi connectivity index (χ1n) is 6.09. The molecular weight excluding hydrogens is 278 g/mol. The molecule has 2 amide bonds. The van der Waals surface area contributed by atoms with Crippen molar-refractivity contribution in [3.63, 3.8) is 0 Å². The van der Waals surface area contributed by atoms with E-state index in [1.54, 1.807) is 25.1 Å². The molecule has 0 aliphatic heterocycles. The van der Waals surface area contributed by atoms with E-state index in [1.807, 2.05) is 0 Å². The van der Waals surface area contributed by atoms with Crippen LogP contribution in [0.5, 0.6) is 0 Å². The van der Waals surface area contributed by atoms with E-state index in [2.05, 4.69) is 21.9 Å². The van der Waals surface area contributed by atoms with Gasteiger partial charge in [0.2, 0.25) is 10.0 Å². The smallest absolute Gasteiger partial charge is 0.315 e. The van der Waals surface area contributed by atoms with Crippen molar-refractivity contribution in [3.05, 3.63) is 42.5 Å². The summed E-state index contributed by atoms with van der Waals surface area (Å²) >= 11 is 0. The third kappa shape index (κ3) is 4.36. The van der Waals surface area contributed by atoms with Gasteiger partial charge in [-0.3, -0.25) is 0 Å². The molecule has 0 aliphatic carbocycles. The predicted octanol–water partition coefficient (Wildman–Crippen LogP) is 1.14. The predicted molar refractivity (Wildman–Crippen MR) is 77.8 cm³/mol. The standard InChI is InChI=1S/C13H19N3O3S/c1-4-8-15-13(17)16-10(2)11-6-5-7-12(9-11)20(18,19)14-3/h4-7,9-10,14H,1,8H2,2-3H3,(H2,15,16,17)/t10-/m0/s1. The molecule has 110 valence electrons. The van der Waals surface area contributed by atoms with Gasteiger partial charge in [0.25, 0.3) is 0 Å². The number of carbonyl (C=O) groups is 1. The minimum Gasteiger partial charge on any atom is -0.335 e. The summed E-state index contributed by atoms with van der Waals surface area (Å²) < 4.78 is 25.7. The van der Waals surface area contributed by atoms with Crippen molar-refractivity contribution < 1.29 is 13.2 Å². The van der Waals surface area contributed by atoms with E-state index in [0.29, 0.717) is 12.1 Å². The van der Waals surface area contributed by atoms with Gasteiger partial charge in [0, 0.05) is 6.54 Å². The van der Waals surface area contributed by atoms with E-state index in [1.165, 1.54) is 19.2 Å². The Morgan fingerprint density at radius 1 is 1.45 bits per heavy atom. The van der Waals surface area contributed by atoms with E-state index in [-0.39, 0.29) is 17.0 Å². The number of rotatable bonds is 6. The lowest BCUT2D eigenvalue weighted by Gasteiger charge is -2.15. The zero-order chi connectivity index (χ0) is 15.2. The van der Waals surface area contributed by atoms with Gasteiger partial charge in [-0.1, -0.05) is 18.2 Å². The van der Waals surface area contributed by atoms with Crippen molar-refractivity contribution in [2.75, 3.05) is 13.6 Å². The number of urea groups is 1. The SMILES string of the molecule is C=CCNC(=O)N[C@@H](C)c1cccc(S(=O)(=O)NC)c1. The van der Waals surface area contributed by atoms with Crippen LogP contribution in [-0.2, 0) is 10.0 Å². The molecule has 6 nitrogen and oxygen atoms in total. The van der Waals surface area contributed by atoms with Crippen molar-refractivity contribution in [2.24, 2.45) is 0 Å². The van der Waals surface area contributed by atoms with Crippen LogP contribution < -0.4 is 15.4 Å². The molecule has 3 N–H and O–H groups in total. The Bertz CT molecular complexity index is 584. The molecule has 0 heterocycles. The van der Waals surface area contributed by atoms with Crippen LogP contribution in [0.3, 0.4) is 0 Å². The number of nitrogens with one attached hydrogen (secondary N) is 3. The number of benzene rings is 1. The average Bonchev–Trinajstić information content (AvgIpc) is 2.45. The van der Waals surface area contributed by atoms with E-state index < -0.39 is 10.0 Å². The molecule has 1 atom stereocenters. The highest BCUT2D eigenvalue weighted by atomic mass is 32.2. The third-order valence-electron chi connectivity index (χ3n) is 2.69. The van der Waals surface area contributed by atoms with Crippen LogP contribution in [-0.4, -0.2) is 28.0 Å². The van der Waals surface area contributed by atoms with Crippen molar-refractivity contribution in [1.82, 2.24) is 15.4 Å². The Labute approximate surface area is 119 Å². The average molecular weight is 297 g/mol. The second-order valence-corrected chi connectivity index (χ2v) is 6.03. The van der Waals surface area contributed by atoms with Gasteiger partial charge in [-0.05, 0) is 31.7 Å². The summed E-state index contributed by atoms with van der Waals surface area (Å²) in [5, 5.41) is 5.30. The minimum absolute atomic E-state index is 0.164. The number of hydrogen-bond acceptors (Lipinski definition) is 3. The van der Waals surface area contributed by atoms with E-state index in [9.17, 15) is 13.2 Å². The molecule has 1 aromatic carbocycles. The zero-order valence-electron chi connectivity index (χ0n) is 11.5. The van der Waals surface area contributed by atoms with Gasteiger partial charge in [-0.15, -0.1) is 6.58 Å². The molecule has 0 aliphatic rings. The lowest BCUT2D eigenvalue weighted by atomic mass is 10.1. The largest absolute Gasteiger partial charge is 0.335 e. The second kappa shape index (κ2) is 7.06. The second-order valence-electron chi connectivity index (χ2n) is 4.14. The molecule has 0 saturated heterocycles. The maximum absolute atomic E-state index is 11.7. The van der Waals surface area contributed by atoms with Crippen LogP contribution >= 0.6 is 0 Å². The highest BCUT2D eigenvalue weighted by Gasteiger charge is 2.14. The molecule has 7 heteroatoms. The number of carbonyl (C=O) groups excluding carboxylic acids is 1. The molecule has 0 saturated carbocycles. The summed E-state index contributed by atoms with van der Waals surface area (Å²) in [6.07, 6.45) is 1.57. The topological polar surface area (TPSA) is 87.3 Å². The first-order chi connectivity index (χ1) is 9.40. The highest BCUT2D eigenvalue weighted by molar-refractivity contribution is 7.89. The van der Waals surface area contributed by atoms with E-state index in [0.717, 1.165) is 0 Å². The molecule has 0 bridgehead atoms. The first kappa shape index (κ1) is 16.2. The highest BCUT2D eigenvalue weighted by Crippen LogP contribution is 2.17. The van der Waals surface area contributed by atoms with Crippen LogP contribution in [0.2, 0.25) is 0 Å². The first-order valence-corrected chi connectivity index (χ1v) is 7.57. The van der Waals surface area contributed by atoms with Crippen molar-refractivity contribution in [1.29, 1.82) is 0 Å². The van der Waals surface area contributed by atoms with E-state index in [4.69, 9.17) is 0 Å². The van der Waals surface area contributed by atoms with Crippen molar-refractivity contribution in [2.45, 2.75) is 17.9 Å². The van der Waals surface area contributed by atoms with Crippen LogP contribution in [0, 0.1) is 0 Å². The van der Waals surface area contributed by atoms with Gasteiger partial charge in [0.15, 0.2) is 0 Å². The molecule has 0 fully saturated rings. The summed E-state index contributed by atoms with van der Waals surface area (Å²) in [6, 6.07) is 5.78. The molecule has 1 aromatic rings. The van der Waals surface area contributed by atoms with Crippen LogP contribution in [0.25, 0.3) is 0 Å². The van der Waals surface area contributed by atoms with Crippen molar-refractivity contribution in [3.8, 4) is 0 Å². The van der Waals surface area contributed by atoms with E-state index >= 15 is 0 Å². The fraction of sp³-hybridized carbons (Fsp3) is 0.308. The fourth-order valence-electron chi connectivity index (χ4n) is 1.56. The molecule has 0 radical (unpaired) electrons. The van der Waals surface area contributed by atoms with Gasteiger partial charge >= 0.3 is 6.03 Å². The maximum atomic E-state index is 11.7. The molecule has 1 rings (SSSR count). The lowest BCUT2D eigenvalue weighted by molar-refractivity contribution is 0.239. The zero-order valence-corrected chi connectivity index (χ0v) is 12.3. The molecule has 20 heavy (non-hydrogen) atoms. The fourth-order valence-corrected chi connectivity index (χ4v) is 2.35. The summed E-state index contributed by atoms with van der Waals surface area (Å²) in [4.78, 5) is 11.7. The lowest BCUT2D eigenvalue weighted by Crippen LogP contribution is -2.37. The number of sulfonamides is 1. The maximum Gasteiger partial charge on any atom is 0.315 e. The normalized spacial score (nSPS) is 12.5.